The summed E-state index contributed by atoms with van der Waals surface area (Å²) in [7, 11) is 3.78. The molecule has 2 N–H and O–H groups in total. The van der Waals surface area contributed by atoms with Gasteiger partial charge in [-0.05, 0) is 84.7 Å². The number of aromatic nitrogens is 2. The Bertz CT molecular complexity index is 1810. The Balaban J connectivity index is 1.22. The fourth-order valence-electron chi connectivity index (χ4n) is 7.08. The molecule has 0 radical (unpaired) electrons. The van der Waals surface area contributed by atoms with Gasteiger partial charge in [0.1, 0.15) is 5.82 Å². The van der Waals surface area contributed by atoms with Crippen molar-refractivity contribution in [3.05, 3.63) is 90.3 Å². The lowest BCUT2D eigenvalue weighted by molar-refractivity contribution is 0.282. The van der Waals surface area contributed by atoms with Crippen LogP contribution in [0.15, 0.2) is 41.3 Å². The summed E-state index contributed by atoms with van der Waals surface area (Å²) in [5.41, 5.74) is 8.63. The summed E-state index contributed by atoms with van der Waals surface area (Å²) >= 11 is 1.90. The first-order valence-corrected chi connectivity index (χ1v) is 15.9. The van der Waals surface area contributed by atoms with Crippen molar-refractivity contribution < 1.29 is 9.50 Å². The Morgan fingerprint density at radius 1 is 1.02 bits per heavy atom. The highest BCUT2D eigenvalue weighted by atomic mass is 32.1. The molecule has 2 aromatic carbocycles. The summed E-state index contributed by atoms with van der Waals surface area (Å²) in [6.45, 7) is 7.76. The molecular weight excluding hydrogens is 561 g/mol. The molecule has 0 spiro atoms. The van der Waals surface area contributed by atoms with E-state index in [0.717, 1.165) is 51.0 Å². The Morgan fingerprint density at radius 3 is 2.67 bits per heavy atom. The SMILES string of the molecule is CN1CCc2cc(Nc3nc(-c4cc(F)cc(N5CCc6c(sc7c6CC(C)(C)C7)C5)c4CO)cn(C)c3=O)ccc2C1. The van der Waals surface area contributed by atoms with Crippen LogP contribution in [0, 0.1) is 11.2 Å². The van der Waals surface area contributed by atoms with E-state index in [2.05, 4.69) is 48.1 Å². The van der Waals surface area contributed by atoms with Crippen LogP contribution in [0.1, 0.15) is 51.4 Å². The Kier molecular flexibility index (Phi) is 6.95. The predicted molar refractivity (Wildman–Crippen MR) is 171 cm³/mol. The van der Waals surface area contributed by atoms with Crippen molar-refractivity contribution in [3.8, 4) is 11.3 Å². The van der Waals surface area contributed by atoms with E-state index in [1.54, 1.807) is 13.2 Å². The molecule has 2 aliphatic heterocycles. The van der Waals surface area contributed by atoms with Gasteiger partial charge in [-0.15, -0.1) is 11.3 Å². The minimum atomic E-state index is -0.395. The standard InChI is InChI=1S/C34H38FN5O2S/c1-34(2)14-26-24-8-10-40(18-31(24)43-30(26)15-34)29-13-22(35)12-25(27(29)19-41)28-17-39(4)33(42)32(37-28)36-23-6-5-21-16-38(3)9-7-20(21)11-23/h5-6,11-13,17,41H,7-10,14-16,18-19H2,1-4H3,(H,36,37). The summed E-state index contributed by atoms with van der Waals surface area (Å²) in [6.07, 6.45) is 5.72. The number of nitrogens with zero attached hydrogens (tertiary/aromatic N) is 4. The molecule has 0 unspecified atom stereocenters. The van der Waals surface area contributed by atoms with Crippen LogP contribution in [-0.2, 0) is 52.4 Å². The van der Waals surface area contributed by atoms with E-state index in [1.165, 1.54) is 48.7 Å². The lowest BCUT2D eigenvalue weighted by Gasteiger charge is -2.32. The molecule has 4 heterocycles. The van der Waals surface area contributed by atoms with Crippen molar-refractivity contribution in [2.24, 2.45) is 12.5 Å². The molecule has 0 bridgehead atoms. The summed E-state index contributed by atoms with van der Waals surface area (Å²) in [5, 5.41) is 13.9. The van der Waals surface area contributed by atoms with Gasteiger partial charge in [-0.2, -0.15) is 0 Å². The minimum Gasteiger partial charge on any atom is -0.392 e. The topological polar surface area (TPSA) is 73.6 Å². The highest BCUT2D eigenvalue weighted by Gasteiger charge is 2.35. The molecule has 0 saturated carbocycles. The Morgan fingerprint density at radius 2 is 1.86 bits per heavy atom. The number of likely N-dealkylation sites (N-methyl/N-ethyl adjacent to an activating group) is 1. The average Bonchev–Trinajstić information content (AvgIpc) is 3.45. The number of anilines is 3. The fraction of sp³-hybridized carbons (Fsp3) is 0.412. The maximum Gasteiger partial charge on any atom is 0.293 e. The lowest BCUT2D eigenvalue weighted by atomic mass is 9.89. The molecule has 2 aromatic heterocycles. The van der Waals surface area contributed by atoms with Crippen molar-refractivity contribution in [1.82, 2.24) is 14.5 Å². The maximum absolute atomic E-state index is 15.3. The first-order chi connectivity index (χ1) is 20.6. The molecule has 7 nitrogen and oxygen atoms in total. The van der Waals surface area contributed by atoms with E-state index in [-0.39, 0.29) is 18.0 Å². The van der Waals surface area contributed by atoms with Gasteiger partial charge in [0.15, 0.2) is 5.82 Å². The zero-order valence-electron chi connectivity index (χ0n) is 25.3. The van der Waals surface area contributed by atoms with Crippen LogP contribution in [-0.4, -0.2) is 39.7 Å². The zero-order chi connectivity index (χ0) is 30.0. The average molecular weight is 600 g/mol. The van der Waals surface area contributed by atoms with Gasteiger partial charge in [0.25, 0.3) is 5.56 Å². The molecule has 9 heteroatoms. The van der Waals surface area contributed by atoms with Gasteiger partial charge in [0.05, 0.1) is 18.8 Å². The molecule has 0 fully saturated rings. The number of benzene rings is 2. The molecular formula is C34H38FN5O2S. The third-order valence-electron chi connectivity index (χ3n) is 9.25. The minimum absolute atomic E-state index is 0.168. The second kappa shape index (κ2) is 10.6. The first kappa shape index (κ1) is 28.3. The van der Waals surface area contributed by atoms with E-state index in [0.29, 0.717) is 34.5 Å². The molecule has 224 valence electrons. The van der Waals surface area contributed by atoms with Crippen LogP contribution in [0.5, 0.6) is 0 Å². The molecule has 7 rings (SSSR count). The number of rotatable bonds is 5. The normalized spacial score (nSPS) is 17.5. The third kappa shape index (κ3) is 5.17. The van der Waals surface area contributed by atoms with E-state index in [1.807, 2.05) is 17.4 Å². The van der Waals surface area contributed by atoms with E-state index in [4.69, 9.17) is 4.98 Å². The smallest absolute Gasteiger partial charge is 0.293 e. The number of halogens is 1. The quantitative estimate of drug-likeness (QED) is 0.313. The Labute approximate surface area is 255 Å². The zero-order valence-corrected chi connectivity index (χ0v) is 26.1. The number of nitrogens with one attached hydrogen (secondary N) is 1. The number of hydrogen-bond acceptors (Lipinski definition) is 7. The summed E-state index contributed by atoms with van der Waals surface area (Å²) in [4.78, 5) is 25.2. The van der Waals surface area contributed by atoms with Crippen LogP contribution in [0.3, 0.4) is 0 Å². The highest BCUT2D eigenvalue weighted by Crippen LogP contribution is 2.46. The van der Waals surface area contributed by atoms with Gasteiger partial charge >= 0.3 is 0 Å². The van der Waals surface area contributed by atoms with Crippen LogP contribution >= 0.6 is 11.3 Å². The van der Waals surface area contributed by atoms with Gasteiger partial charge in [-0.25, -0.2) is 9.37 Å². The summed E-state index contributed by atoms with van der Waals surface area (Å²) in [6, 6.07) is 9.09. The van der Waals surface area contributed by atoms with Gasteiger partial charge < -0.3 is 24.8 Å². The van der Waals surface area contributed by atoms with Crippen molar-refractivity contribution in [3.63, 3.8) is 0 Å². The van der Waals surface area contributed by atoms with Gasteiger partial charge in [0.2, 0.25) is 0 Å². The van der Waals surface area contributed by atoms with Crippen molar-refractivity contribution in [2.75, 3.05) is 30.4 Å². The first-order valence-electron chi connectivity index (χ1n) is 15.0. The number of fused-ring (bicyclic) bond motifs is 4. The van der Waals surface area contributed by atoms with Crippen molar-refractivity contribution in [2.45, 2.75) is 59.2 Å². The Hall–Kier alpha value is -3.53. The summed E-state index contributed by atoms with van der Waals surface area (Å²) in [5.74, 6) is -0.227. The summed E-state index contributed by atoms with van der Waals surface area (Å²) < 4.78 is 16.8. The van der Waals surface area contributed by atoms with Gasteiger partial charge in [-0.3, -0.25) is 4.79 Å². The van der Waals surface area contributed by atoms with E-state index >= 15 is 4.39 Å². The molecule has 43 heavy (non-hydrogen) atoms. The number of aryl methyl sites for hydroxylation is 1. The predicted octanol–water partition coefficient (Wildman–Crippen LogP) is 5.56. The number of thiophene rings is 1. The highest BCUT2D eigenvalue weighted by molar-refractivity contribution is 7.12. The second-order valence-corrected chi connectivity index (χ2v) is 14.4. The molecule has 3 aliphatic rings. The van der Waals surface area contributed by atoms with Gasteiger partial charge in [0, 0.05) is 65.1 Å². The maximum atomic E-state index is 15.3. The molecule has 0 atom stereocenters. The fourth-order valence-corrected chi connectivity index (χ4v) is 8.73. The van der Waals surface area contributed by atoms with Crippen LogP contribution in [0.25, 0.3) is 11.3 Å². The third-order valence-corrected chi connectivity index (χ3v) is 10.5. The van der Waals surface area contributed by atoms with Crippen molar-refractivity contribution in [1.29, 1.82) is 0 Å². The monoisotopic (exact) mass is 599 g/mol. The second-order valence-electron chi connectivity index (χ2n) is 13.2. The number of aliphatic hydroxyl groups excluding tert-OH is 1. The number of hydrogen-bond donors (Lipinski definition) is 2. The lowest BCUT2D eigenvalue weighted by Crippen LogP contribution is -2.31. The molecule has 0 amide bonds. The molecule has 0 saturated heterocycles. The van der Waals surface area contributed by atoms with Gasteiger partial charge in [-0.1, -0.05) is 19.9 Å². The van der Waals surface area contributed by atoms with E-state index < -0.39 is 5.82 Å². The van der Waals surface area contributed by atoms with Crippen molar-refractivity contribution >= 4 is 28.5 Å². The molecule has 4 aromatic rings. The molecule has 1 aliphatic carbocycles. The van der Waals surface area contributed by atoms with Crippen LogP contribution in [0.2, 0.25) is 0 Å². The van der Waals surface area contributed by atoms with Crippen LogP contribution in [0.4, 0.5) is 21.6 Å². The largest absolute Gasteiger partial charge is 0.392 e. The van der Waals surface area contributed by atoms with E-state index in [9.17, 15) is 9.90 Å². The van der Waals surface area contributed by atoms with Crippen LogP contribution < -0.4 is 15.8 Å². The number of aliphatic hydroxyl groups is 1.